The zero-order chi connectivity index (χ0) is 26.9. The molecule has 0 radical (unpaired) electrons. The Morgan fingerprint density at radius 2 is 1.75 bits per heavy atom. The van der Waals surface area contributed by atoms with Gasteiger partial charge in [0, 0.05) is 23.6 Å². The van der Waals surface area contributed by atoms with Crippen LogP contribution in [0.25, 0.3) is 0 Å². The van der Waals surface area contributed by atoms with Crippen LogP contribution in [0.3, 0.4) is 0 Å². The molecule has 0 heterocycles. The van der Waals surface area contributed by atoms with E-state index in [4.69, 9.17) is 9.47 Å². The maximum atomic E-state index is 13.6. The van der Waals surface area contributed by atoms with E-state index in [2.05, 4.69) is 21.2 Å². The Bertz CT molecular complexity index is 1140. The van der Waals surface area contributed by atoms with Crippen LogP contribution in [0, 0.1) is 0 Å². The monoisotopic (exact) mass is 583 g/mol. The van der Waals surface area contributed by atoms with Gasteiger partial charge >= 0.3 is 0 Å². The average molecular weight is 585 g/mol. The van der Waals surface area contributed by atoms with Gasteiger partial charge in [0.15, 0.2) is 0 Å². The molecule has 1 atom stereocenters. The highest BCUT2D eigenvalue weighted by Crippen LogP contribution is 2.33. The van der Waals surface area contributed by atoms with Crippen LogP contribution in [0.4, 0.5) is 5.69 Å². The zero-order valence-corrected chi connectivity index (χ0v) is 23.7. The van der Waals surface area contributed by atoms with Gasteiger partial charge < -0.3 is 19.7 Å². The highest BCUT2D eigenvalue weighted by atomic mass is 79.9. The predicted molar refractivity (Wildman–Crippen MR) is 144 cm³/mol. The molecule has 2 aromatic rings. The molecule has 0 aliphatic carbocycles. The molecule has 2 aromatic carbocycles. The first-order valence-corrected chi connectivity index (χ1v) is 14.2. The molecule has 0 aromatic heterocycles. The van der Waals surface area contributed by atoms with Gasteiger partial charge in [-0.2, -0.15) is 0 Å². The fourth-order valence-electron chi connectivity index (χ4n) is 3.49. The lowest BCUT2D eigenvalue weighted by Gasteiger charge is -2.32. The Morgan fingerprint density at radius 1 is 1.08 bits per heavy atom. The molecule has 198 valence electrons. The molecule has 0 aliphatic heterocycles. The first-order valence-electron chi connectivity index (χ1n) is 11.5. The molecule has 2 rings (SSSR count). The summed E-state index contributed by atoms with van der Waals surface area (Å²) >= 11 is 3.39. The number of nitrogens with zero attached hydrogens (tertiary/aromatic N) is 2. The van der Waals surface area contributed by atoms with Gasteiger partial charge in [0.2, 0.25) is 21.8 Å². The van der Waals surface area contributed by atoms with Gasteiger partial charge in [-0.15, -0.1) is 0 Å². The van der Waals surface area contributed by atoms with Crippen molar-refractivity contribution in [3.63, 3.8) is 0 Å². The summed E-state index contributed by atoms with van der Waals surface area (Å²) in [7, 11) is -0.991. The van der Waals surface area contributed by atoms with Crippen LogP contribution in [0.5, 0.6) is 11.5 Å². The fraction of sp³-hybridized carbons (Fsp3) is 0.440. The number of amides is 2. The van der Waals surface area contributed by atoms with Crippen molar-refractivity contribution in [2.24, 2.45) is 0 Å². The number of hydrogen-bond donors (Lipinski definition) is 1. The van der Waals surface area contributed by atoms with Gasteiger partial charge in [0.25, 0.3) is 0 Å². The fourth-order valence-corrected chi connectivity index (χ4v) is 4.61. The first kappa shape index (κ1) is 29.4. The molecule has 1 N–H and O–H groups in total. The molecule has 0 spiro atoms. The maximum absolute atomic E-state index is 13.6. The summed E-state index contributed by atoms with van der Waals surface area (Å²) < 4.78 is 38.0. The Labute approximate surface area is 221 Å². The predicted octanol–water partition coefficient (Wildman–Crippen LogP) is 3.57. The SMILES string of the molecule is CCCCNC(=O)[C@H](C)N(Cc1ccc(Br)cc1)C(=O)CN(c1ccc(OC)cc1OC)S(C)(=O)=O. The first-order chi connectivity index (χ1) is 17.0. The normalized spacial score (nSPS) is 11.9. The number of carbonyl (C=O) groups is 2. The molecule has 0 saturated heterocycles. The Morgan fingerprint density at radius 3 is 2.31 bits per heavy atom. The van der Waals surface area contributed by atoms with E-state index in [1.54, 1.807) is 19.1 Å². The van der Waals surface area contributed by atoms with Gasteiger partial charge in [-0.05, 0) is 43.2 Å². The van der Waals surface area contributed by atoms with E-state index < -0.39 is 28.5 Å². The van der Waals surface area contributed by atoms with Crippen molar-refractivity contribution in [2.45, 2.75) is 39.3 Å². The van der Waals surface area contributed by atoms with Crippen molar-refractivity contribution >= 4 is 43.5 Å². The van der Waals surface area contributed by atoms with Crippen LogP contribution in [0.1, 0.15) is 32.3 Å². The van der Waals surface area contributed by atoms with Crippen LogP contribution in [0.2, 0.25) is 0 Å². The number of halogens is 1. The molecule has 11 heteroatoms. The molecule has 9 nitrogen and oxygen atoms in total. The topological polar surface area (TPSA) is 105 Å². The number of rotatable bonds is 13. The molecule has 36 heavy (non-hydrogen) atoms. The molecule has 0 unspecified atom stereocenters. The number of nitrogens with one attached hydrogen (secondary N) is 1. The maximum Gasteiger partial charge on any atom is 0.244 e. The number of anilines is 1. The van der Waals surface area contributed by atoms with E-state index in [1.807, 2.05) is 31.2 Å². The van der Waals surface area contributed by atoms with E-state index in [9.17, 15) is 18.0 Å². The third kappa shape index (κ3) is 8.12. The molecule has 0 fully saturated rings. The third-order valence-electron chi connectivity index (χ3n) is 5.60. The Kier molecular flexibility index (Phi) is 11.0. The van der Waals surface area contributed by atoms with Crippen LogP contribution in [-0.2, 0) is 26.2 Å². The van der Waals surface area contributed by atoms with E-state index in [0.29, 0.717) is 12.3 Å². The van der Waals surface area contributed by atoms with Crippen LogP contribution >= 0.6 is 15.9 Å². The van der Waals surface area contributed by atoms with Crippen molar-refractivity contribution in [1.82, 2.24) is 10.2 Å². The van der Waals surface area contributed by atoms with Gasteiger partial charge in [0.05, 0.1) is 26.2 Å². The number of carbonyl (C=O) groups excluding carboxylic acids is 2. The lowest BCUT2D eigenvalue weighted by Crippen LogP contribution is -2.51. The second-order valence-corrected chi connectivity index (χ2v) is 11.1. The minimum atomic E-state index is -3.88. The van der Waals surface area contributed by atoms with Gasteiger partial charge in [-0.1, -0.05) is 41.4 Å². The summed E-state index contributed by atoms with van der Waals surface area (Å²) in [6.45, 7) is 3.78. The minimum absolute atomic E-state index is 0.131. The van der Waals surface area contributed by atoms with Gasteiger partial charge in [-0.3, -0.25) is 13.9 Å². The summed E-state index contributed by atoms with van der Waals surface area (Å²) in [6, 6.07) is 11.2. The minimum Gasteiger partial charge on any atom is -0.497 e. The Balaban J connectivity index is 2.41. The quantitative estimate of drug-likeness (QED) is 0.361. The summed E-state index contributed by atoms with van der Waals surface area (Å²) in [5.41, 5.74) is 0.991. The highest BCUT2D eigenvalue weighted by molar-refractivity contribution is 9.10. The van der Waals surface area contributed by atoms with E-state index in [0.717, 1.165) is 33.4 Å². The highest BCUT2D eigenvalue weighted by Gasteiger charge is 2.31. The lowest BCUT2D eigenvalue weighted by molar-refractivity contribution is -0.139. The van der Waals surface area contributed by atoms with Crippen molar-refractivity contribution in [1.29, 1.82) is 0 Å². The van der Waals surface area contributed by atoms with Crippen molar-refractivity contribution < 1.29 is 27.5 Å². The molecule has 0 aliphatic rings. The molecule has 0 saturated carbocycles. The number of ether oxygens (including phenoxy) is 2. The number of hydrogen-bond acceptors (Lipinski definition) is 6. The van der Waals surface area contributed by atoms with Crippen LogP contribution in [0.15, 0.2) is 46.9 Å². The molecular formula is C25H34BrN3O6S. The Hall–Kier alpha value is -2.79. The van der Waals surface area contributed by atoms with Gasteiger partial charge in [-0.25, -0.2) is 8.42 Å². The summed E-state index contributed by atoms with van der Waals surface area (Å²) in [5, 5.41) is 2.85. The summed E-state index contributed by atoms with van der Waals surface area (Å²) in [6.07, 6.45) is 2.76. The summed E-state index contributed by atoms with van der Waals surface area (Å²) in [4.78, 5) is 27.8. The smallest absolute Gasteiger partial charge is 0.244 e. The average Bonchev–Trinajstić information content (AvgIpc) is 2.85. The summed E-state index contributed by atoms with van der Waals surface area (Å²) in [5.74, 6) is -0.122. The van der Waals surface area contributed by atoms with Gasteiger partial charge in [0.1, 0.15) is 24.1 Å². The van der Waals surface area contributed by atoms with E-state index in [-0.39, 0.29) is 23.9 Å². The number of sulfonamides is 1. The van der Waals surface area contributed by atoms with Crippen molar-refractivity contribution in [2.75, 3.05) is 37.9 Å². The van der Waals surface area contributed by atoms with E-state index in [1.165, 1.54) is 25.2 Å². The second-order valence-electron chi connectivity index (χ2n) is 8.28. The number of methoxy groups -OCH3 is 2. The van der Waals surface area contributed by atoms with Crippen molar-refractivity contribution in [3.05, 3.63) is 52.5 Å². The van der Waals surface area contributed by atoms with E-state index >= 15 is 0 Å². The third-order valence-corrected chi connectivity index (χ3v) is 7.25. The number of benzene rings is 2. The molecule has 2 amide bonds. The molecule has 0 bridgehead atoms. The largest absolute Gasteiger partial charge is 0.497 e. The number of unbranched alkanes of at least 4 members (excludes halogenated alkanes) is 1. The van der Waals surface area contributed by atoms with Crippen LogP contribution < -0.4 is 19.1 Å². The van der Waals surface area contributed by atoms with Crippen molar-refractivity contribution in [3.8, 4) is 11.5 Å². The van der Waals surface area contributed by atoms with Crippen LogP contribution in [-0.4, -0.2) is 64.7 Å². The lowest BCUT2D eigenvalue weighted by atomic mass is 10.1. The zero-order valence-electron chi connectivity index (χ0n) is 21.3. The second kappa shape index (κ2) is 13.5. The standard InChI is InChI=1S/C25H34BrN3O6S/c1-6-7-14-27-25(31)18(2)28(16-19-8-10-20(26)11-9-19)24(30)17-29(36(5,32)33)22-13-12-21(34-3)15-23(22)35-4/h8-13,15,18H,6-7,14,16-17H2,1-5H3,(H,27,31)/t18-/m0/s1. The molecular weight excluding hydrogens is 550 g/mol.